The molecule has 1 rings (SSSR count). The third-order valence-electron chi connectivity index (χ3n) is 3.04. The van der Waals surface area contributed by atoms with Crippen LogP contribution in [0.15, 0.2) is 12.1 Å². The fourth-order valence-electron chi connectivity index (χ4n) is 1.93. The minimum atomic E-state index is -0.0576. The van der Waals surface area contributed by atoms with Crippen LogP contribution in [0.2, 0.25) is 10.0 Å². The van der Waals surface area contributed by atoms with Crippen LogP contribution in [-0.4, -0.2) is 7.11 Å². The molecular weight excluding hydrogens is 269 g/mol. The van der Waals surface area contributed by atoms with Gasteiger partial charge in [-0.15, -0.1) is 0 Å². The van der Waals surface area contributed by atoms with Crippen molar-refractivity contribution in [2.75, 3.05) is 7.11 Å². The quantitative estimate of drug-likeness (QED) is 0.719. The fourth-order valence-corrected chi connectivity index (χ4v) is 2.47. The van der Waals surface area contributed by atoms with Gasteiger partial charge < -0.3 is 10.5 Å². The van der Waals surface area contributed by atoms with Crippen LogP contribution in [0.25, 0.3) is 0 Å². The molecular formula is C14H21Cl2NO. The van der Waals surface area contributed by atoms with Gasteiger partial charge in [-0.2, -0.15) is 0 Å². The molecule has 0 bridgehead atoms. The van der Waals surface area contributed by atoms with Crippen molar-refractivity contribution in [2.45, 2.75) is 45.1 Å². The van der Waals surface area contributed by atoms with E-state index in [4.69, 9.17) is 33.7 Å². The van der Waals surface area contributed by atoms with Crippen molar-refractivity contribution in [3.05, 3.63) is 27.7 Å². The van der Waals surface area contributed by atoms with Crippen molar-refractivity contribution in [1.82, 2.24) is 0 Å². The largest absolute Gasteiger partial charge is 0.495 e. The van der Waals surface area contributed by atoms with E-state index >= 15 is 0 Å². The lowest BCUT2D eigenvalue weighted by Gasteiger charge is -2.15. The zero-order valence-electron chi connectivity index (χ0n) is 11.0. The van der Waals surface area contributed by atoms with E-state index in [2.05, 4.69) is 6.92 Å². The molecule has 0 aromatic heterocycles. The Morgan fingerprint density at radius 1 is 1.17 bits per heavy atom. The van der Waals surface area contributed by atoms with E-state index in [0.717, 1.165) is 18.4 Å². The van der Waals surface area contributed by atoms with Gasteiger partial charge in [0.2, 0.25) is 0 Å². The van der Waals surface area contributed by atoms with Gasteiger partial charge in [0.25, 0.3) is 0 Å². The average Bonchev–Trinajstić information content (AvgIpc) is 2.36. The summed E-state index contributed by atoms with van der Waals surface area (Å²) in [6.45, 7) is 2.19. The minimum Gasteiger partial charge on any atom is -0.495 e. The van der Waals surface area contributed by atoms with Crippen molar-refractivity contribution in [3.8, 4) is 5.75 Å². The molecule has 0 spiro atoms. The first kappa shape index (κ1) is 15.6. The number of hydrogen-bond acceptors (Lipinski definition) is 2. The number of ether oxygens (including phenoxy) is 1. The predicted octanol–water partition coefficient (Wildman–Crippen LogP) is 4.97. The third kappa shape index (κ3) is 4.34. The zero-order valence-corrected chi connectivity index (χ0v) is 12.5. The maximum Gasteiger partial charge on any atom is 0.138 e. The number of rotatable bonds is 7. The summed E-state index contributed by atoms with van der Waals surface area (Å²) >= 11 is 12.3. The molecule has 0 fully saturated rings. The van der Waals surface area contributed by atoms with Gasteiger partial charge in [0.15, 0.2) is 0 Å². The molecule has 2 N–H and O–H groups in total. The summed E-state index contributed by atoms with van der Waals surface area (Å²) in [4.78, 5) is 0. The number of benzene rings is 1. The van der Waals surface area contributed by atoms with Crippen LogP contribution in [0, 0.1) is 0 Å². The Morgan fingerprint density at radius 2 is 1.89 bits per heavy atom. The van der Waals surface area contributed by atoms with E-state index in [0.29, 0.717) is 15.8 Å². The molecule has 0 radical (unpaired) electrons. The van der Waals surface area contributed by atoms with E-state index in [1.54, 1.807) is 13.2 Å². The topological polar surface area (TPSA) is 35.2 Å². The van der Waals surface area contributed by atoms with Gasteiger partial charge in [-0.3, -0.25) is 0 Å². The highest BCUT2D eigenvalue weighted by Gasteiger charge is 2.13. The third-order valence-corrected chi connectivity index (χ3v) is 3.66. The number of methoxy groups -OCH3 is 1. The SMILES string of the molecule is CCCCCCC(N)c1cc(Cl)c(OC)cc1Cl. The molecule has 0 saturated heterocycles. The Labute approximate surface area is 119 Å². The van der Waals surface area contributed by atoms with E-state index in [1.807, 2.05) is 6.07 Å². The molecule has 0 aliphatic rings. The summed E-state index contributed by atoms with van der Waals surface area (Å²) < 4.78 is 5.12. The van der Waals surface area contributed by atoms with Crippen molar-refractivity contribution < 1.29 is 4.74 Å². The molecule has 0 saturated carbocycles. The van der Waals surface area contributed by atoms with Gasteiger partial charge in [-0.1, -0.05) is 55.8 Å². The highest BCUT2D eigenvalue weighted by Crippen LogP contribution is 2.34. The lowest BCUT2D eigenvalue weighted by molar-refractivity contribution is 0.414. The van der Waals surface area contributed by atoms with Crippen LogP contribution < -0.4 is 10.5 Å². The molecule has 0 aliphatic heterocycles. The second-order valence-electron chi connectivity index (χ2n) is 4.46. The molecule has 2 nitrogen and oxygen atoms in total. The minimum absolute atomic E-state index is 0.0576. The van der Waals surface area contributed by atoms with Crippen LogP contribution >= 0.6 is 23.2 Å². The lowest BCUT2D eigenvalue weighted by Crippen LogP contribution is -2.11. The van der Waals surface area contributed by atoms with Gasteiger partial charge in [-0.05, 0) is 18.1 Å². The maximum atomic E-state index is 6.20. The standard InChI is InChI=1S/C14H21Cl2NO/c1-3-4-5-6-7-13(17)10-8-12(16)14(18-2)9-11(10)15/h8-9,13H,3-7,17H2,1-2H3. The monoisotopic (exact) mass is 289 g/mol. The Balaban J connectivity index is 2.67. The van der Waals surface area contributed by atoms with Gasteiger partial charge >= 0.3 is 0 Å². The van der Waals surface area contributed by atoms with E-state index in [9.17, 15) is 0 Å². The van der Waals surface area contributed by atoms with Crippen LogP contribution in [0.1, 0.15) is 50.6 Å². The second-order valence-corrected chi connectivity index (χ2v) is 5.28. The van der Waals surface area contributed by atoms with Crippen LogP contribution in [0.5, 0.6) is 5.75 Å². The van der Waals surface area contributed by atoms with Gasteiger partial charge in [0.05, 0.1) is 12.1 Å². The van der Waals surface area contributed by atoms with E-state index in [1.165, 1.54) is 19.3 Å². The second kappa shape index (κ2) is 7.88. The molecule has 0 amide bonds. The van der Waals surface area contributed by atoms with E-state index < -0.39 is 0 Å². The number of halogens is 2. The van der Waals surface area contributed by atoms with Gasteiger partial charge in [0, 0.05) is 17.1 Å². The number of hydrogen-bond donors (Lipinski definition) is 1. The summed E-state index contributed by atoms with van der Waals surface area (Å²) in [6.07, 6.45) is 5.75. The molecule has 1 unspecified atom stereocenters. The van der Waals surface area contributed by atoms with Crippen LogP contribution in [0.4, 0.5) is 0 Å². The molecule has 1 atom stereocenters. The average molecular weight is 290 g/mol. The Morgan fingerprint density at radius 3 is 2.50 bits per heavy atom. The predicted molar refractivity (Wildman–Crippen MR) is 78.7 cm³/mol. The molecule has 102 valence electrons. The summed E-state index contributed by atoms with van der Waals surface area (Å²) in [6, 6.07) is 3.48. The zero-order chi connectivity index (χ0) is 13.5. The van der Waals surface area contributed by atoms with Crippen LogP contribution in [0.3, 0.4) is 0 Å². The Bertz CT molecular complexity index is 382. The number of nitrogens with two attached hydrogens (primary N) is 1. The Hall–Kier alpha value is -0.440. The fraction of sp³-hybridized carbons (Fsp3) is 0.571. The first-order valence-electron chi connectivity index (χ1n) is 6.38. The molecule has 0 heterocycles. The van der Waals surface area contributed by atoms with Crippen molar-refractivity contribution in [1.29, 1.82) is 0 Å². The first-order valence-corrected chi connectivity index (χ1v) is 7.14. The summed E-state index contributed by atoms with van der Waals surface area (Å²) in [5, 5.41) is 1.18. The van der Waals surface area contributed by atoms with E-state index in [-0.39, 0.29) is 6.04 Å². The molecule has 4 heteroatoms. The highest BCUT2D eigenvalue weighted by molar-refractivity contribution is 6.34. The smallest absolute Gasteiger partial charge is 0.138 e. The number of unbranched alkanes of at least 4 members (excludes halogenated alkanes) is 3. The first-order chi connectivity index (χ1) is 8.60. The lowest BCUT2D eigenvalue weighted by atomic mass is 10.0. The van der Waals surface area contributed by atoms with Crippen molar-refractivity contribution >= 4 is 23.2 Å². The molecule has 1 aromatic carbocycles. The highest BCUT2D eigenvalue weighted by atomic mass is 35.5. The van der Waals surface area contributed by atoms with Crippen molar-refractivity contribution in [3.63, 3.8) is 0 Å². The van der Waals surface area contributed by atoms with Gasteiger partial charge in [-0.25, -0.2) is 0 Å². The maximum absolute atomic E-state index is 6.20. The van der Waals surface area contributed by atoms with Crippen LogP contribution in [-0.2, 0) is 0 Å². The van der Waals surface area contributed by atoms with Crippen molar-refractivity contribution in [2.24, 2.45) is 5.73 Å². The summed E-state index contributed by atoms with van der Waals surface area (Å²) in [5.74, 6) is 0.587. The Kier molecular flexibility index (Phi) is 6.83. The molecule has 18 heavy (non-hydrogen) atoms. The molecule has 0 aliphatic carbocycles. The summed E-state index contributed by atoms with van der Waals surface area (Å²) in [7, 11) is 1.57. The summed E-state index contributed by atoms with van der Waals surface area (Å²) in [5.41, 5.74) is 7.06. The normalized spacial score (nSPS) is 12.5. The molecule has 1 aromatic rings. The van der Waals surface area contributed by atoms with Gasteiger partial charge in [0.1, 0.15) is 5.75 Å².